The summed E-state index contributed by atoms with van der Waals surface area (Å²) in [5.74, 6) is -0.565. The highest BCUT2D eigenvalue weighted by molar-refractivity contribution is 7.16. The van der Waals surface area contributed by atoms with Gasteiger partial charge in [0.25, 0.3) is 0 Å². The number of likely N-dealkylation sites (N-methyl/N-ethyl adjacent to an activating group) is 1. The summed E-state index contributed by atoms with van der Waals surface area (Å²) < 4.78 is 0. The molecule has 1 aliphatic rings. The highest BCUT2D eigenvalue weighted by atomic mass is 32.1. The minimum absolute atomic E-state index is 0.0476. The van der Waals surface area contributed by atoms with Crippen molar-refractivity contribution in [1.82, 2.24) is 15.1 Å². The molecule has 2 heterocycles. The number of anilines is 1. The third kappa shape index (κ3) is 9.91. The van der Waals surface area contributed by atoms with Crippen LogP contribution in [0.2, 0.25) is 0 Å². The van der Waals surface area contributed by atoms with Crippen LogP contribution in [0, 0.1) is 0 Å². The number of nitrogens with zero attached hydrogens (tertiary/aromatic N) is 3. The number of carbonyl (C=O) groups is 4. The standard InChI is InChI=1S/C30H41N5O4S/c1-33(2)19-9-14-27(37)34-20-21-35(28(38)22-34)29-16-15-24(40-29)17-18-32-26(36)13-6-4-3-5-10-23-11-7-8-12-25(23)30(31)39/h7-9,11-12,14-16H,3-6,10,13,17-22H2,1-2H3,(H2,31,39)(H,32,36). The van der Waals surface area contributed by atoms with Gasteiger partial charge in [-0.05, 0) is 63.5 Å². The van der Waals surface area contributed by atoms with Gasteiger partial charge in [0.15, 0.2) is 0 Å². The molecule has 216 valence electrons. The maximum Gasteiger partial charge on any atom is 0.248 e. The second-order valence-electron chi connectivity index (χ2n) is 10.2. The molecule has 0 unspecified atom stereocenters. The van der Waals surface area contributed by atoms with Gasteiger partial charge in [-0.3, -0.25) is 19.2 Å². The Balaban J connectivity index is 1.30. The van der Waals surface area contributed by atoms with Crippen LogP contribution in [0.4, 0.5) is 5.00 Å². The van der Waals surface area contributed by atoms with Crippen LogP contribution in [-0.2, 0) is 27.2 Å². The molecule has 9 nitrogen and oxygen atoms in total. The largest absolute Gasteiger partial charge is 0.366 e. The van der Waals surface area contributed by atoms with Crippen molar-refractivity contribution in [2.75, 3.05) is 51.7 Å². The SMILES string of the molecule is CN(C)CC=CC(=O)N1CCN(c2ccc(CCNC(=O)CCCCCCc3ccccc3C(N)=O)s2)C(=O)C1. The lowest BCUT2D eigenvalue weighted by Crippen LogP contribution is -2.51. The molecule has 0 spiro atoms. The van der Waals surface area contributed by atoms with Gasteiger partial charge in [-0.25, -0.2) is 0 Å². The van der Waals surface area contributed by atoms with Crippen molar-refractivity contribution in [3.05, 3.63) is 64.6 Å². The van der Waals surface area contributed by atoms with Crippen LogP contribution < -0.4 is 16.0 Å². The van der Waals surface area contributed by atoms with Crippen molar-refractivity contribution in [1.29, 1.82) is 0 Å². The monoisotopic (exact) mass is 567 g/mol. The summed E-state index contributed by atoms with van der Waals surface area (Å²) in [5, 5.41) is 3.86. The molecule has 0 bridgehead atoms. The molecule has 0 saturated carbocycles. The third-order valence-electron chi connectivity index (χ3n) is 6.75. The number of hydrogen-bond acceptors (Lipinski definition) is 6. The Hall–Kier alpha value is -3.50. The Bertz CT molecular complexity index is 1190. The molecule has 4 amide bonds. The summed E-state index contributed by atoms with van der Waals surface area (Å²) in [6.45, 7) is 2.28. The van der Waals surface area contributed by atoms with Gasteiger partial charge < -0.3 is 25.8 Å². The van der Waals surface area contributed by atoms with Gasteiger partial charge in [-0.2, -0.15) is 0 Å². The Labute approximate surface area is 241 Å². The third-order valence-corrected chi connectivity index (χ3v) is 7.92. The molecule has 0 radical (unpaired) electrons. The van der Waals surface area contributed by atoms with Crippen molar-refractivity contribution in [3.8, 4) is 0 Å². The number of primary amides is 1. The molecular weight excluding hydrogens is 526 g/mol. The Morgan fingerprint density at radius 2 is 1.80 bits per heavy atom. The first-order valence-electron chi connectivity index (χ1n) is 13.9. The molecular formula is C30H41N5O4S. The van der Waals surface area contributed by atoms with Crippen molar-refractivity contribution in [2.24, 2.45) is 5.73 Å². The number of benzene rings is 1. The quantitative estimate of drug-likeness (QED) is 0.254. The highest BCUT2D eigenvalue weighted by Gasteiger charge is 2.28. The topological polar surface area (TPSA) is 116 Å². The molecule has 3 N–H and O–H groups in total. The summed E-state index contributed by atoms with van der Waals surface area (Å²) in [6, 6.07) is 11.4. The van der Waals surface area contributed by atoms with E-state index in [1.165, 1.54) is 6.08 Å². The smallest absolute Gasteiger partial charge is 0.248 e. The lowest BCUT2D eigenvalue weighted by molar-refractivity contribution is -0.133. The van der Waals surface area contributed by atoms with E-state index in [1.807, 2.05) is 49.3 Å². The van der Waals surface area contributed by atoms with E-state index < -0.39 is 5.91 Å². The lowest BCUT2D eigenvalue weighted by atomic mass is 10.0. The highest BCUT2D eigenvalue weighted by Crippen LogP contribution is 2.28. The number of amides is 4. The minimum Gasteiger partial charge on any atom is -0.366 e. The first-order valence-corrected chi connectivity index (χ1v) is 14.7. The van der Waals surface area contributed by atoms with E-state index in [1.54, 1.807) is 33.3 Å². The zero-order valence-corrected chi connectivity index (χ0v) is 24.4. The molecule has 1 saturated heterocycles. The summed E-state index contributed by atoms with van der Waals surface area (Å²) in [4.78, 5) is 55.2. The molecule has 1 aromatic carbocycles. The normalized spacial score (nSPS) is 13.8. The van der Waals surface area contributed by atoms with Crippen LogP contribution in [0.25, 0.3) is 0 Å². The van der Waals surface area contributed by atoms with Gasteiger partial charge in [0.05, 0.1) is 5.00 Å². The maximum absolute atomic E-state index is 12.7. The van der Waals surface area contributed by atoms with Gasteiger partial charge in [0, 0.05) is 49.1 Å². The number of carbonyl (C=O) groups excluding carboxylic acids is 4. The Morgan fingerprint density at radius 1 is 1.02 bits per heavy atom. The van der Waals surface area contributed by atoms with E-state index in [0.29, 0.717) is 44.6 Å². The summed E-state index contributed by atoms with van der Waals surface area (Å²) in [6.07, 6.45) is 9.08. The second-order valence-corrected chi connectivity index (χ2v) is 11.4. The molecule has 0 atom stereocenters. The van der Waals surface area contributed by atoms with Crippen LogP contribution in [0.5, 0.6) is 0 Å². The van der Waals surface area contributed by atoms with E-state index in [4.69, 9.17) is 5.73 Å². The van der Waals surface area contributed by atoms with Crippen molar-refractivity contribution in [3.63, 3.8) is 0 Å². The zero-order valence-electron chi connectivity index (χ0n) is 23.6. The van der Waals surface area contributed by atoms with Crippen LogP contribution in [-0.4, -0.2) is 80.2 Å². The molecule has 2 aromatic rings. The minimum atomic E-state index is -0.393. The first kappa shape index (κ1) is 31.0. The first-order chi connectivity index (χ1) is 19.2. The molecule has 40 heavy (non-hydrogen) atoms. The predicted octanol–water partition coefficient (Wildman–Crippen LogP) is 2.99. The molecule has 10 heteroatoms. The van der Waals surface area contributed by atoms with Crippen LogP contribution in [0.15, 0.2) is 48.6 Å². The van der Waals surface area contributed by atoms with Crippen molar-refractivity contribution >= 4 is 40.0 Å². The fourth-order valence-electron chi connectivity index (χ4n) is 4.56. The van der Waals surface area contributed by atoms with E-state index in [-0.39, 0.29) is 24.3 Å². The Kier molecular flexibility index (Phi) is 12.4. The van der Waals surface area contributed by atoms with Gasteiger partial charge in [-0.1, -0.05) is 37.1 Å². The van der Waals surface area contributed by atoms with Crippen molar-refractivity contribution < 1.29 is 19.2 Å². The van der Waals surface area contributed by atoms with Crippen molar-refractivity contribution in [2.45, 2.75) is 44.9 Å². The zero-order chi connectivity index (χ0) is 28.9. The van der Waals surface area contributed by atoms with Crippen LogP contribution in [0.1, 0.15) is 52.9 Å². The van der Waals surface area contributed by atoms with E-state index in [0.717, 1.165) is 47.5 Å². The number of aryl methyl sites for hydroxylation is 1. The summed E-state index contributed by atoms with van der Waals surface area (Å²) in [5.41, 5.74) is 7.01. The number of nitrogens with two attached hydrogens (primary N) is 1. The average molecular weight is 568 g/mol. The lowest BCUT2D eigenvalue weighted by Gasteiger charge is -2.33. The Morgan fingerprint density at radius 3 is 2.55 bits per heavy atom. The summed E-state index contributed by atoms with van der Waals surface area (Å²) >= 11 is 1.55. The molecule has 0 aliphatic carbocycles. The van der Waals surface area contributed by atoms with E-state index in [9.17, 15) is 19.2 Å². The van der Waals surface area contributed by atoms with Crippen LogP contribution >= 0.6 is 11.3 Å². The van der Waals surface area contributed by atoms with Gasteiger partial charge in [0.1, 0.15) is 6.54 Å². The molecule has 3 rings (SSSR count). The number of hydrogen-bond donors (Lipinski definition) is 2. The fraction of sp³-hybridized carbons (Fsp3) is 0.467. The average Bonchev–Trinajstić information content (AvgIpc) is 3.39. The van der Waals surface area contributed by atoms with E-state index >= 15 is 0 Å². The maximum atomic E-state index is 12.7. The molecule has 1 fully saturated rings. The number of rotatable bonds is 15. The number of thiophene rings is 1. The molecule has 1 aliphatic heterocycles. The fourth-order valence-corrected chi connectivity index (χ4v) is 5.61. The number of unbranched alkanes of at least 4 members (excludes halogenated alkanes) is 3. The summed E-state index contributed by atoms with van der Waals surface area (Å²) in [7, 11) is 3.86. The predicted molar refractivity (Wildman–Crippen MR) is 159 cm³/mol. The van der Waals surface area contributed by atoms with E-state index in [2.05, 4.69) is 5.32 Å². The van der Waals surface area contributed by atoms with Crippen LogP contribution in [0.3, 0.4) is 0 Å². The van der Waals surface area contributed by atoms with Gasteiger partial charge in [-0.15, -0.1) is 11.3 Å². The number of nitrogens with one attached hydrogen (secondary N) is 1. The number of piperazine rings is 1. The second kappa shape index (κ2) is 15.9. The van der Waals surface area contributed by atoms with Gasteiger partial charge >= 0.3 is 0 Å². The van der Waals surface area contributed by atoms with Gasteiger partial charge in [0.2, 0.25) is 23.6 Å². The molecule has 1 aromatic heterocycles.